The number of benzene rings is 1. The van der Waals surface area contributed by atoms with Crippen LogP contribution in [0.5, 0.6) is 0 Å². The number of carbonyl (C=O) groups excluding carboxylic acids is 3. The van der Waals surface area contributed by atoms with Gasteiger partial charge in [-0.05, 0) is 52.5 Å². The van der Waals surface area contributed by atoms with Gasteiger partial charge in [0.1, 0.15) is 11.7 Å². The minimum absolute atomic E-state index is 0.0663. The Labute approximate surface area is 212 Å². The molecule has 4 atom stereocenters. The number of methoxy groups -OCH3 is 1. The number of aromatic nitrogens is 2. The fourth-order valence-corrected chi connectivity index (χ4v) is 5.50. The number of esters is 1. The Morgan fingerprint density at radius 3 is 2.50 bits per heavy atom. The van der Waals surface area contributed by atoms with Crippen LogP contribution in [0.3, 0.4) is 0 Å². The summed E-state index contributed by atoms with van der Waals surface area (Å²) >= 11 is 0. The second-order valence-electron chi connectivity index (χ2n) is 10.9. The Morgan fingerprint density at radius 2 is 1.83 bits per heavy atom. The first kappa shape index (κ1) is 25.9. The molecule has 0 spiro atoms. The van der Waals surface area contributed by atoms with Gasteiger partial charge in [-0.2, -0.15) is 5.10 Å². The number of ether oxygens (including phenoxy) is 1. The number of aryl methyl sites for hydroxylation is 1. The van der Waals surface area contributed by atoms with E-state index in [0.29, 0.717) is 37.2 Å². The van der Waals surface area contributed by atoms with E-state index >= 15 is 0 Å². The minimum Gasteiger partial charge on any atom is -0.469 e. The van der Waals surface area contributed by atoms with Gasteiger partial charge in [-0.25, -0.2) is 0 Å². The van der Waals surface area contributed by atoms with Gasteiger partial charge in [0.15, 0.2) is 0 Å². The zero-order valence-electron chi connectivity index (χ0n) is 21.8. The fourth-order valence-electron chi connectivity index (χ4n) is 5.50. The molecular weight excluding hydrogens is 458 g/mol. The molecule has 2 N–H and O–H groups in total. The van der Waals surface area contributed by atoms with Crippen molar-refractivity contribution in [3.63, 3.8) is 0 Å². The van der Waals surface area contributed by atoms with Gasteiger partial charge in [-0.3, -0.25) is 19.1 Å². The van der Waals surface area contributed by atoms with Crippen LogP contribution in [-0.2, 0) is 21.4 Å². The van der Waals surface area contributed by atoms with Gasteiger partial charge in [0, 0.05) is 36.8 Å². The van der Waals surface area contributed by atoms with Crippen LogP contribution in [0.1, 0.15) is 56.9 Å². The van der Waals surface area contributed by atoms with E-state index in [4.69, 9.17) is 4.74 Å². The van der Waals surface area contributed by atoms with E-state index in [1.807, 2.05) is 30.3 Å². The van der Waals surface area contributed by atoms with Crippen LogP contribution in [0.2, 0.25) is 0 Å². The maximum atomic E-state index is 13.4. The summed E-state index contributed by atoms with van der Waals surface area (Å²) in [7, 11) is 3.11. The monoisotopic (exact) mass is 495 g/mol. The lowest BCUT2D eigenvalue weighted by molar-refractivity contribution is -0.151. The number of carbonyl (C=O) groups is 3. The number of amides is 2. The summed E-state index contributed by atoms with van der Waals surface area (Å²) in [6, 6.07) is 10.7. The largest absolute Gasteiger partial charge is 0.469 e. The molecule has 1 saturated carbocycles. The van der Waals surface area contributed by atoms with Crippen LogP contribution in [0, 0.1) is 5.92 Å². The van der Waals surface area contributed by atoms with Gasteiger partial charge in [0.25, 0.3) is 5.91 Å². The van der Waals surface area contributed by atoms with E-state index in [0.717, 1.165) is 12.0 Å². The van der Waals surface area contributed by atoms with E-state index < -0.39 is 12.0 Å². The van der Waals surface area contributed by atoms with E-state index in [1.54, 1.807) is 18.0 Å². The third-order valence-corrected chi connectivity index (χ3v) is 7.08. The molecule has 2 aromatic rings. The highest BCUT2D eigenvalue weighted by atomic mass is 16.5. The maximum absolute atomic E-state index is 13.4. The molecule has 4 rings (SSSR count). The number of nitrogens with one attached hydrogen (secondary N) is 2. The van der Waals surface area contributed by atoms with Crippen molar-refractivity contribution in [3.8, 4) is 11.3 Å². The molecule has 1 saturated heterocycles. The predicted octanol–water partition coefficient (Wildman–Crippen LogP) is 2.52. The molecule has 9 nitrogen and oxygen atoms in total. The smallest absolute Gasteiger partial charge is 0.310 e. The molecule has 36 heavy (non-hydrogen) atoms. The molecule has 2 aliphatic rings. The molecule has 2 amide bonds. The zero-order valence-corrected chi connectivity index (χ0v) is 21.8. The maximum Gasteiger partial charge on any atom is 0.310 e. The molecule has 9 heteroatoms. The summed E-state index contributed by atoms with van der Waals surface area (Å²) in [6.07, 6.45) is 2.70. The quantitative estimate of drug-likeness (QED) is 0.597. The Bertz CT molecular complexity index is 1110. The Kier molecular flexibility index (Phi) is 7.49. The first-order chi connectivity index (χ1) is 17.1. The number of hydrogen-bond acceptors (Lipinski definition) is 6. The molecule has 1 aromatic heterocycles. The van der Waals surface area contributed by atoms with Crippen molar-refractivity contribution >= 4 is 17.8 Å². The third-order valence-electron chi connectivity index (χ3n) is 7.08. The zero-order chi connectivity index (χ0) is 26.0. The van der Waals surface area contributed by atoms with Crippen LogP contribution in [-0.4, -0.2) is 69.8 Å². The average Bonchev–Trinajstić information content (AvgIpc) is 3.40. The molecule has 0 unspecified atom stereocenters. The molecule has 2 fully saturated rings. The van der Waals surface area contributed by atoms with Crippen molar-refractivity contribution in [2.45, 2.75) is 70.1 Å². The molecular formula is C27H37N5O4. The van der Waals surface area contributed by atoms with Crippen LogP contribution in [0.25, 0.3) is 11.3 Å². The van der Waals surface area contributed by atoms with Crippen LogP contribution < -0.4 is 10.6 Å². The first-order valence-corrected chi connectivity index (χ1v) is 12.6. The van der Waals surface area contributed by atoms with Gasteiger partial charge in [0.05, 0.1) is 18.7 Å². The summed E-state index contributed by atoms with van der Waals surface area (Å²) in [5.74, 6) is -1.17. The Balaban J connectivity index is 1.43. The van der Waals surface area contributed by atoms with E-state index in [9.17, 15) is 14.4 Å². The van der Waals surface area contributed by atoms with Gasteiger partial charge in [-0.1, -0.05) is 30.3 Å². The van der Waals surface area contributed by atoms with Gasteiger partial charge in [0.2, 0.25) is 5.91 Å². The lowest BCUT2D eigenvalue weighted by Gasteiger charge is -2.41. The Morgan fingerprint density at radius 1 is 1.11 bits per heavy atom. The number of likely N-dealkylation sites (tertiary alicyclic amines) is 1. The molecule has 0 bridgehead atoms. The standard InChI is InChI=1S/C27H37N5O4/c1-27(2,3)29-18-11-12-22(19(15-18)26(35)36-5)32-14-13-20(25(32)34)28-24(33)23-16-21(30-31(23)4)17-9-7-6-8-10-17/h6-10,16,18-20,22,29H,11-15H2,1-5H3,(H,28,33)/t18-,19-,20+,22+/m1/s1. The first-order valence-electron chi connectivity index (χ1n) is 12.6. The molecule has 2 heterocycles. The van der Waals surface area contributed by atoms with Crippen molar-refractivity contribution in [1.29, 1.82) is 0 Å². The molecule has 1 aliphatic heterocycles. The third kappa shape index (κ3) is 5.61. The van der Waals surface area contributed by atoms with E-state index in [1.165, 1.54) is 11.8 Å². The highest BCUT2D eigenvalue weighted by Gasteiger charge is 2.45. The van der Waals surface area contributed by atoms with Crippen LogP contribution in [0.4, 0.5) is 0 Å². The van der Waals surface area contributed by atoms with Crippen LogP contribution in [0.15, 0.2) is 36.4 Å². The van der Waals surface area contributed by atoms with Crippen molar-refractivity contribution in [3.05, 3.63) is 42.1 Å². The van der Waals surface area contributed by atoms with Gasteiger partial charge < -0.3 is 20.3 Å². The van der Waals surface area contributed by atoms with Crippen molar-refractivity contribution in [2.75, 3.05) is 13.7 Å². The lowest BCUT2D eigenvalue weighted by atomic mass is 9.80. The SMILES string of the molecule is COC(=O)[C@@H]1C[C@H](NC(C)(C)C)CC[C@@H]1N1CC[C@H](NC(=O)c2cc(-c3ccccc3)nn2C)C1=O. The molecule has 194 valence electrons. The van der Waals surface area contributed by atoms with Crippen molar-refractivity contribution < 1.29 is 19.1 Å². The predicted molar refractivity (Wildman–Crippen MR) is 136 cm³/mol. The van der Waals surface area contributed by atoms with Crippen molar-refractivity contribution in [2.24, 2.45) is 13.0 Å². The van der Waals surface area contributed by atoms with Crippen LogP contribution >= 0.6 is 0 Å². The fraction of sp³-hybridized carbons (Fsp3) is 0.556. The lowest BCUT2D eigenvalue weighted by Crippen LogP contribution is -2.55. The normalized spacial score (nSPS) is 24.6. The highest BCUT2D eigenvalue weighted by molar-refractivity contribution is 5.97. The van der Waals surface area contributed by atoms with Gasteiger partial charge >= 0.3 is 5.97 Å². The number of nitrogens with zero attached hydrogens (tertiary/aromatic N) is 3. The topological polar surface area (TPSA) is 106 Å². The second kappa shape index (κ2) is 10.4. The second-order valence-corrected chi connectivity index (χ2v) is 10.9. The molecule has 1 aromatic carbocycles. The van der Waals surface area contributed by atoms with Crippen molar-refractivity contribution in [1.82, 2.24) is 25.3 Å². The average molecular weight is 496 g/mol. The number of hydrogen-bond donors (Lipinski definition) is 2. The highest BCUT2D eigenvalue weighted by Crippen LogP contribution is 2.33. The summed E-state index contributed by atoms with van der Waals surface area (Å²) in [4.78, 5) is 40.9. The summed E-state index contributed by atoms with van der Waals surface area (Å²) in [5, 5.41) is 10.9. The van der Waals surface area contributed by atoms with E-state index in [2.05, 4.69) is 36.5 Å². The molecule has 0 radical (unpaired) electrons. The number of rotatable bonds is 6. The van der Waals surface area contributed by atoms with E-state index in [-0.39, 0.29) is 35.4 Å². The summed E-state index contributed by atoms with van der Waals surface area (Å²) in [5.41, 5.74) is 1.94. The summed E-state index contributed by atoms with van der Waals surface area (Å²) in [6.45, 7) is 6.82. The summed E-state index contributed by atoms with van der Waals surface area (Å²) < 4.78 is 6.64. The molecule has 1 aliphatic carbocycles. The Hall–Kier alpha value is -3.20. The minimum atomic E-state index is -0.628. The van der Waals surface area contributed by atoms with Gasteiger partial charge in [-0.15, -0.1) is 0 Å².